The van der Waals surface area contributed by atoms with Crippen molar-refractivity contribution < 1.29 is 13.9 Å². The van der Waals surface area contributed by atoms with Gasteiger partial charge in [-0.1, -0.05) is 6.92 Å². The van der Waals surface area contributed by atoms with E-state index in [9.17, 15) is 4.39 Å². The summed E-state index contributed by atoms with van der Waals surface area (Å²) in [6, 6.07) is 4.67. The summed E-state index contributed by atoms with van der Waals surface area (Å²) in [6.45, 7) is 8.48. The highest BCUT2D eigenvalue weighted by molar-refractivity contribution is 5.36. The summed E-state index contributed by atoms with van der Waals surface area (Å²) in [5.41, 5.74) is 0.841. The van der Waals surface area contributed by atoms with Crippen LogP contribution in [0, 0.1) is 5.82 Å². The van der Waals surface area contributed by atoms with Gasteiger partial charge < -0.3 is 14.8 Å². The first kappa shape index (κ1) is 14.9. The zero-order valence-corrected chi connectivity index (χ0v) is 11.3. The van der Waals surface area contributed by atoms with Crippen molar-refractivity contribution in [3.8, 4) is 5.75 Å². The van der Waals surface area contributed by atoms with E-state index in [0.717, 1.165) is 12.1 Å². The molecule has 0 saturated carbocycles. The lowest BCUT2D eigenvalue weighted by molar-refractivity contribution is 0.109. The van der Waals surface area contributed by atoms with Gasteiger partial charge in [-0.2, -0.15) is 0 Å². The number of nitrogens with one attached hydrogen (secondary N) is 1. The number of hydrogen-bond donors (Lipinski definition) is 1. The molecule has 0 fully saturated rings. The summed E-state index contributed by atoms with van der Waals surface area (Å²) < 4.78 is 24.1. The quantitative estimate of drug-likeness (QED) is 0.724. The van der Waals surface area contributed by atoms with Crippen molar-refractivity contribution in [2.75, 3.05) is 26.4 Å². The molecular formula is C14H22FNO2. The maximum atomic E-state index is 13.3. The Bertz CT molecular complexity index is 358. The minimum absolute atomic E-state index is 0.0628. The molecule has 0 radical (unpaired) electrons. The molecule has 1 unspecified atom stereocenters. The first-order chi connectivity index (χ1) is 8.69. The molecule has 1 N–H and O–H groups in total. The Kier molecular flexibility index (Phi) is 6.68. The van der Waals surface area contributed by atoms with Crippen LogP contribution in [0.4, 0.5) is 4.39 Å². The minimum Gasteiger partial charge on any atom is -0.491 e. The lowest BCUT2D eigenvalue weighted by Gasteiger charge is -2.17. The van der Waals surface area contributed by atoms with Gasteiger partial charge in [-0.25, -0.2) is 4.39 Å². The zero-order chi connectivity index (χ0) is 13.4. The Morgan fingerprint density at radius 2 is 2.06 bits per heavy atom. The van der Waals surface area contributed by atoms with Crippen molar-refractivity contribution in [3.63, 3.8) is 0 Å². The van der Waals surface area contributed by atoms with Crippen molar-refractivity contribution in [1.29, 1.82) is 0 Å². The SMILES string of the molecule is CCNC(C)c1cc(F)ccc1OCCOCC. The van der Waals surface area contributed by atoms with Crippen LogP contribution in [-0.2, 0) is 4.74 Å². The average Bonchev–Trinajstić information content (AvgIpc) is 2.36. The smallest absolute Gasteiger partial charge is 0.124 e. The molecule has 0 heterocycles. The van der Waals surface area contributed by atoms with Gasteiger partial charge in [0.05, 0.1) is 6.61 Å². The lowest BCUT2D eigenvalue weighted by atomic mass is 10.1. The van der Waals surface area contributed by atoms with Crippen LogP contribution in [0.2, 0.25) is 0 Å². The second kappa shape index (κ2) is 8.06. The van der Waals surface area contributed by atoms with Gasteiger partial charge >= 0.3 is 0 Å². The standard InChI is InChI=1S/C14H22FNO2/c1-4-16-11(3)13-10-12(15)6-7-14(13)18-9-8-17-5-2/h6-7,10-11,16H,4-5,8-9H2,1-3H3. The van der Waals surface area contributed by atoms with Crippen LogP contribution in [0.1, 0.15) is 32.4 Å². The molecule has 0 amide bonds. The van der Waals surface area contributed by atoms with Crippen LogP contribution in [0.5, 0.6) is 5.75 Å². The largest absolute Gasteiger partial charge is 0.491 e. The third-order valence-corrected chi connectivity index (χ3v) is 2.64. The van der Waals surface area contributed by atoms with Crippen LogP contribution >= 0.6 is 0 Å². The summed E-state index contributed by atoms with van der Waals surface area (Å²) in [4.78, 5) is 0. The highest BCUT2D eigenvalue weighted by Gasteiger charge is 2.12. The van der Waals surface area contributed by atoms with Crippen molar-refractivity contribution in [2.45, 2.75) is 26.8 Å². The predicted molar refractivity (Wildman–Crippen MR) is 70.5 cm³/mol. The van der Waals surface area contributed by atoms with Gasteiger partial charge in [0.25, 0.3) is 0 Å². The topological polar surface area (TPSA) is 30.5 Å². The number of benzene rings is 1. The Morgan fingerprint density at radius 1 is 1.28 bits per heavy atom. The van der Waals surface area contributed by atoms with Gasteiger partial charge in [-0.15, -0.1) is 0 Å². The van der Waals surface area contributed by atoms with Crippen LogP contribution in [0.25, 0.3) is 0 Å². The van der Waals surface area contributed by atoms with E-state index in [1.165, 1.54) is 12.1 Å². The van der Waals surface area contributed by atoms with E-state index >= 15 is 0 Å². The Labute approximate surface area is 108 Å². The Hall–Kier alpha value is -1.13. The summed E-state index contributed by atoms with van der Waals surface area (Å²) in [7, 11) is 0. The first-order valence-electron chi connectivity index (χ1n) is 6.42. The Morgan fingerprint density at radius 3 is 2.72 bits per heavy atom. The highest BCUT2D eigenvalue weighted by atomic mass is 19.1. The second-order valence-electron chi connectivity index (χ2n) is 4.01. The second-order valence-corrected chi connectivity index (χ2v) is 4.01. The van der Waals surface area contributed by atoms with Crippen LogP contribution in [0.3, 0.4) is 0 Å². The molecule has 102 valence electrons. The summed E-state index contributed by atoms with van der Waals surface area (Å²) in [5.74, 6) is 0.469. The van der Waals surface area contributed by atoms with Crippen LogP contribution in [0.15, 0.2) is 18.2 Å². The van der Waals surface area contributed by atoms with Crippen LogP contribution < -0.4 is 10.1 Å². The van der Waals surface area contributed by atoms with Gasteiger partial charge in [-0.05, 0) is 38.6 Å². The number of halogens is 1. The van der Waals surface area contributed by atoms with Gasteiger partial charge in [0, 0.05) is 18.2 Å². The van der Waals surface area contributed by atoms with E-state index in [-0.39, 0.29) is 11.9 Å². The molecule has 0 aliphatic rings. The number of hydrogen-bond acceptors (Lipinski definition) is 3. The molecule has 0 saturated heterocycles. The monoisotopic (exact) mass is 255 g/mol. The maximum Gasteiger partial charge on any atom is 0.124 e. The van der Waals surface area contributed by atoms with Crippen molar-refractivity contribution in [1.82, 2.24) is 5.32 Å². The summed E-state index contributed by atoms with van der Waals surface area (Å²) >= 11 is 0. The van der Waals surface area contributed by atoms with E-state index < -0.39 is 0 Å². The zero-order valence-electron chi connectivity index (χ0n) is 11.3. The fourth-order valence-electron chi connectivity index (χ4n) is 1.76. The van der Waals surface area contributed by atoms with Crippen molar-refractivity contribution >= 4 is 0 Å². The molecule has 1 rings (SSSR count). The van der Waals surface area contributed by atoms with Crippen molar-refractivity contribution in [2.24, 2.45) is 0 Å². The first-order valence-corrected chi connectivity index (χ1v) is 6.42. The molecule has 1 aromatic rings. The van der Waals surface area contributed by atoms with Crippen LogP contribution in [-0.4, -0.2) is 26.4 Å². The molecule has 0 aliphatic heterocycles. The molecule has 0 spiro atoms. The normalized spacial score (nSPS) is 12.4. The van der Waals surface area contributed by atoms with E-state index in [1.807, 2.05) is 20.8 Å². The highest BCUT2D eigenvalue weighted by Crippen LogP contribution is 2.26. The van der Waals surface area contributed by atoms with E-state index in [0.29, 0.717) is 25.6 Å². The molecule has 1 aromatic carbocycles. The van der Waals surface area contributed by atoms with E-state index in [1.54, 1.807) is 6.07 Å². The molecule has 1 atom stereocenters. The third-order valence-electron chi connectivity index (χ3n) is 2.64. The maximum absolute atomic E-state index is 13.3. The molecule has 0 aromatic heterocycles. The van der Waals surface area contributed by atoms with E-state index in [4.69, 9.17) is 9.47 Å². The van der Waals surface area contributed by atoms with Crippen molar-refractivity contribution in [3.05, 3.63) is 29.6 Å². The third kappa shape index (κ3) is 4.63. The molecule has 18 heavy (non-hydrogen) atoms. The van der Waals surface area contributed by atoms with Gasteiger partial charge in [0.15, 0.2) is 0 Å². The molecule has 0 aliphatic carbocycles. The number of rotatable bonds is 8. The predicted octanol–water partition coefficient (Wildman–Crippen LogP) is 2.91. The summed E-state index contributed by atoms with van der Waals surface area (Å²) in [6.07, 6.45) is 0. The fraction of sp³-hybridized carbons (Fsp3) is 0.571. The summed E-state index contributed by atoms with van der Waals surface area (Å²) in [5, 5.41) is 3.25. The molecule has 0 bridgehead atoms. The average molecular weight is 255 g/mol. The minimum atomic E-state index is -0.244. The molecule has 4 heteroatoms. The van der Waals surface area contributed by atoms with E-state index in [2.05, 4.69) is 5.32 Å². The fourth-order valence-corrected chi connectivity index (χ4v) is 1.76. The molecule has 3 nitrogen and oxygen atoms in total. The van der Waals surface area contributed by atoms with Gasteiger partial charge in [0.2, 0.25) is 0 Å². The number of ether oxygens (including phenoxy) is 2. The lowest BCUT2D eigenvalue weighted by Crippen LogP contribution is -2.19. The van der Waals surface area contributed by atoms with Gasteiger partial charge in [0.1, 0.15) is 18.2 Å². The molecular weight excluding hydrogens is 233 g/mol. The Balaban J connectivity index is 2.70. The van der Waals surface area contributed by atoms with Gasteiger partial charge in [-0.3, -0.25) is 0 Å².